The number of carbonyl (C=O) groups excluding carboxylic acids is 2. The first-order valence-electron chi connectivity index (χ1n) is 9.89. The number of nitrogens with one attached hydrogen (secondary N) is 1. The van der Waals surface area contributed by atoms with E-state index in [1.54, 1.807) is 0 Å². The molecule has 1 atom stereocenters. The maximum atomic E-state index is 12.5. The van der Waals surface area contributed by atoms with Crippen molar-refractivity contribution in [2.45, 2.75) is 44.9 Å². The minimum Gasteiger partial charge on any atom is -0.356 e. The molecule has 0 bridgehead atoms. The van der Waals surface area contributed by atoms with Gasteiger partial charge in [0.15, 0.2) is 0 Å². The number of benzene rings is 2. The predicted octanol–water partition coefficient (Wildman–Crippen LogP) is 4.06. The highest BCUT2D eigenvalue weighted by Crippen LogP contribution is 2.28. The summed E-state index contributed by atoms with van der Waals surface area (Å²) < 4.78 is 0. The fraction of sp³-hybridized carbons (Fsp3) is 0.391. The molecule has 1 aliphatic heterocycles. The Morgan fingerprint density at radius 1 is 1.07 bits per heavy atom. The topological polar surface area (TPSA) is 49.4 Å². The van der Waals surface area contributed by atoms with Gasteiger partial charge in [-0.05, 0) is 42.4 Å². The maximum Gasteiger partial charge on any atom is 0.227 e. The number of rotatable bonds is 8. The molecule has 1 N–H and O–H groups in total. The Bertz CT molecular complexity index is 773. The standard InChI is InChI=1S/C23H28N2O2/c1-2-18(19-9-4-3-5-10-19)17-22(26)24-15-8-13-23(27)25-16-14-20-11-6-7-12-21(20)25/h3-7,9-12,18H,2,8,13-17H2,1H3,(H,24,26). The van der Waals surface area contributed by atoms with Gasteiger partial charge >= 0.3 is 0 Å². The van der Waals surface area contributed by atoms with E-state index in [4.69, 9.17) is 0 Å². The van der Waals surface area contributed by atoms with Crippen molar-refractivity contribution >= 4 is 17.5 Å². The molecule has 4 nitrogen and oxygen atoms in total. The molecule has 1 heterocycles. The molecule has 0 spiro atoms. The van der Waals surface area contributed by atoms with Crippen molar-refractivity contribution in [3.05, 3.63) is 65.7 Å². The van der Waals surface area contributed by atoms with E-state index in [1.165, 1.54) is 11.1 Å². The molecule has 0 saturated carbocycles. The molecular formula is C23H28N2O2. The van der Waals surface area contributed by atoms with Crippen LogP contribution in [0, 0.1) is 0 Å². The highest BCUT2D eigenvalue weighted by atomic mass is 16.2. The molecule has 1 unspecified atom stereocenters. The van der Waals surface area contributed by atoms with Crippen LogP contribution in [0.5, 0.6) is 0 Å². The second-order valence-electron chi connectivity index (χ2n) is 7.10. The van der Waals surface area contributed by atoms with Gasteiger partial charge in [-0.25, -0.2) is 0 Å². The Labute approximate surface area is 161 Å². The number of anilines is 1. The van der Waals surface area contributed by atoms with E-state index < -0.39 is 0 Å². The highest BCUT2D eigenvalue weighted by molar-refractivity contribution is 5.95. The van der Waals surface area contributed by atoms with E-state index >= 15 is 0 Å². The Kier molecular flexibility index (Phi) is 6.64. The summed E-state index contributed by atoms with van der Waals surface area (Å²) in [6.45, 7) is 3.42. The maximum absolute atomic E-state index is 12.5. The molecule has 27 heavy (non-hydrogen) atoms. The molecule has 0 radical (unpaired) electrons. The molecule has 2 aromatic carbocycles. The van der Waals surface area contributed by atoms with Crippen molar-refractivity contribution in [2.24, 2.45) is 0 Å². The average Bonchev–Trinajstić information content (AvgIpc) is 3.14. The zero-order chi connectivity index (χ0) is 19.1. The minimum absolute atomic E-state index is 0.0599. The Morgan fingerprint density at radius 3 is 2.59 bits per heavy atom. The van der Waals surface area contributed by atoms with Gasteiger partial charge in [0.25, 0.3) is 0 Å². The minimum atomic E-state index is 0.0599. The highest BCUT2D eigenvalue weighted by Gasteiger charge is 2.23. The third-order valence-electron chi connectivity index (χ3n) is 5.27. The third kappa shape index (κ3) is 4.97. The molecular weight excluding hydrogens is 336 g/mol. The zero-order valence-electron chi connectivity index (χ0n) is 16.0. The zero-order valence-corrected chi connectivity index (χ0v) is 16.0. The largest absolute Gasteiger partial charge is 0.356 e. The summed E-state index contributed by atoms with van der Waals surface area (Å²) in [5.74, 6) is 0.448. The Morgan fingerprint density at radius 2 is 1.81 bits per heavy atom. The van der Waals surface area contributed by atoms with Crippen molar-refractivity contribution in [3.63, 3.8) is 0 Å². The number of nitrogens with zero attached hydrogens (tertiary/aromatic N) is 1. The van der Waals surface area contributed by atoms with Crippen molar-refractivity contribution in [1.82, 2.24) is 5.32 Å². The fourth-order valence-corrected chi connectivity index (χ4v) is 3.72. The van der Waals surface area contributed by atoms with E-state index in [1.807, 2.05) is 41.3 Å². The first-order valence-corrected chi connectivity index (χ1v) is 9.89. The van der Waals surface area contributed by atoms with Gasteiger partial charge < -0.3 is 10.2 Å². The normalized spacial score (nSPS) is 13.9. The average molecular weight is 364 g/mol. The van der Waals surface area contributed by atoms with Crippen LogP contribution in [0.2, 0.25) is 0 Å². The summed E-state index contributed by atoms with van der Waals surface area (Å²) in [4.78, 5) is 26.6. The van der Waals surface area contributed by atoms with Crippen LogP contribution in [0.25, 0.3) is 0 Å². The van der Waals surface area contributed by atoms with Gasteiger partial charge in [-0.3, -0.25) is 9.59 Å². The van der Waals surface area contributed by atoms with Crippen molar-refractivity contribution < 1.29 is 9.59 Å². The van der Waals surface area contributed by atoms with Gasteiger partial charge in [0, 0.05) is 31.6 Å². The van der Waals surface area contributed by atoms with Gasteiger partial charge in [0.1, 0.15) is 0 Å². The van der Waals surface area contributed by atoms with Gasteiger partial charge in [0.05, 0.1) is 0 Å². The molecule has 0 fully saturated rings. The van der Waals surface area contributed by atoms with Crippen LogP contribution in [-0.2, 0) is 16.0 Å². The van der Waals surface area contributed by atoms with Crippen LogP contribution < -0.4 is 10.2 Å². The number of para-hydroxylation sites is 1. The number of fused-ring (bicyclic) bond motifs is 1. The van der Waals surface area contributed by atoms with Crippen LogP contribution >= 0.6 is 0 Å². The molecule has 3 rings (SSSR count). The lowest BCUT2D eigenvalue weighted by Gasteiger charge is -2.17. The summed E-state index contributed by atoms with van der Waals surface area (Å²) >= 11 is 0. The molecule has 2 amide bonds. The van der Waals surface area contributed by atoms with Crippen LogP contribution in [-0.4, -0.2) is 24.9 Å². The summed E-state index contributed by atoms with van der Waals surface area (Å²) in [5, 5.41) is 2.97. The smallest absolute Gasteiger partial charge is 0.227 e. The van der Waals surface area contributed by atoms with E-state index in [0.717, 1.165) is 25.1 Å². The van der Waals surface area contributed by atoms with Crippen LogP contribution in [0.15, 0.2) is 54.6 Å². The second-order valence-corrected chi connectivity index (χ2v) is 7.10. The first kappa shape index (κ1) is 19.2. The van der Waals surface area contributed by atoms with Gasteiger partial charge in [0.2, 0.25) is 11.8 Å². The van der Waals surface area contributed by atoms with Crippen molar-refractivity contribution in [2.75, 3.05) is 18.0 Å². The Balaban J connectivity index is 1.40. The van der Waals surface area contributed by atoms with Gasteiger partial charge in [-0.2, -0.15) is 0 Å². The quantitative estimate of drug-likeness (QED) is 0.718. The summed E-state index contributed by atoms with van der Waals surface area (Å²) in [7, 11) is 0. The van der Waals surface area contributed by atoms with E-state index in [0.29, 0.717) is 25.8 Å². The fourth-order valence-electron chi connectivity index (χ4n) is 3.72. The summed E-state index contributed by atoms with van der Waals surface area (Å²) in [5.41, 5.74) is 3.49. The van der Waals surface area contributed by atoms with Crippen LogP contribution in [0.4, 0.5) is 5.69 Å². The number of amides is 2. The lowest BCUT2D eigenvalue weighted by atomic mass is 9.93. The first-order chi connectivity index (χ1) is 13.2. The number of carbonyl (C=O) groups is 2. The third-order valence-corrected chi connectivity index (χ3v) is 5.27. The monoisotopic (exact) mass is 364 g/mol. The predicted molar refractivity (Wildman–Crippen MR) is 109 cm³/mol. The van der Waals surface area contributed by atoms with Crippen LogP contribution in [0.3, 0.4) is 0 Å². The summed E-state index contributed by atoms with van der Waals surface area (Å²) in [6, 6.07) is 18.3. The van der Waals surface area contributed by atoms with E-state index in [-0.39, 0.29) is 17.7 Å². The van der Waals surface area contributed by atoms with E-state index in [2.05, 4.69) is 30.4 Å². The van der Waals surface area contributed by atoms with Crippen molar-refractivity contribution in [3.8, 4) is 0 Å². The van der Waals surface area contributed by atoms with Crippen LogP contribution in [0.1, 0.15) is 49.7 Å². The Hall–Kier alpha value is -2.62. The molecule has 2 aromatic rings. The van der Waals surface area contributed by atoms with Gasteiger partial charge in [-0.15, -0.1) is 0 Å². The number of hydrogen-bond donors (Lipinski definition) is 1. The second kappa shape index (κ2) is 9.36. The molecule has 4 heteroatoms. The van der Waals surface area contributed by atoms with E-state index in [9.17, 15) is 9.59 Å². The molecule has 1 aliphatic rings. The molecule has 0 aliphatic carbocycles. The van der Waals surface area contributed by atoms with Crippen molar-refractivity contribution in [1.29, 1.82) is 0 Å². The molecule has 0 aromatic heterocycles. The lowest BCUT2D eigenvalue weighted by molar-refractivity contribution is -0.122. The SMILES string of the molecule is CCC(CC(=O)NCCCC(=O)N1CCc2ccccc21)c1ccccc1. The number of hydrogen-bond acceptors (Lipinski definition) is 2. The molecule has 142 valence electrons. The lowest BCUT2D eigenvalue weighted by Crippen LogP contribution is -2.30. The van der Waals surface area contributed by atoms with Gasteiger partial charge in [-0.1, -0.05) is 55.5 Å². The summed E-state index contributed by atoms with van der Waals surface area (Å²) in [6.07, 6.45) is 3.49. The molecule has 0 saturated heterocycles.